The van der Waals surface area contributed by atoms with Gasteiger partial charge in [0, 0.05) is 44.2 Å². The molecular weight excluding hydrogens is 488 g/mol. The molecule has 1 aromatic carbocycles. The van der Waals surface area contributed by atoms with Crippen molar-refractivity contribution in [2.24, 2.45) is 0 Å². The molecule has 4 rings (SSSR count). The van der Waals surface area contributed by atoms with Crippen LogP contribution in [-0.2, 0) is 35.3 Å². The highest BCUT2D eigenvalue weighted by molar-refractivity contribution is 5.94. The van der Waals surface area contributed by atoms with Crippen molar-refractivity contribution in [2.75, 3.05) is 18.9 Å². The van der Waals surface area contributed by atoms with E-state index in [9.17, 15) is 31.9 Å². The molecule has 0 saturated carbocycles. The summed E-state index contributed by atoms with van der Waals surface area (Å²) in [6.07, 6.45) is -5.18. The predicted octanol–water partition coefficient (Wildman–Crippen LogP) is 2.54. The molecule has 3 heterocycles. The number of alkyl halides is 3. The number of fused-ring (bicyclic) bond motifs is 3. The van der Waals surface area contributed by atoms with Gasteiger partial charge in [0.15, 0.2) is 0 Å². The summed E-state index contributed by atoms with van der Waals surface area (Å²) in [6.45, 7) is 3.41. The van der Waals surface area contributed by atoms with Gasteiger partial charge < -0.3 is 15.5 Å². The zero-order chi connectivity index (χ0) is 26.4. The highest BCUT2D eigenvalue weighted by Gasteiger charge is 2.38. The van der Waals surface area contributed by atoms with Crippen molar-refractivity contribution in [1.82, 2.24) is 25.1 Å². The van der Waals surface area contributed by atoms with E-state index < -0.39 is 41.6 Å². The molecule has 2 aliphatic heterocycles. The summed E-state index contributed by atoms with van der Waals surface area (Å²) < 4.78 is 54.3. The Morgan fingerprint density at radius 1 is 1.28 bits per heavy atom. The lowest BCUT2D eigenvalue weighted by molar-refractivity contribution is -0.148. The Morgan fingerprint density at radius 2 is 2.00 bits per heavy atom. The fraction of sp³-hybridized carbons (Fsp3) is 0.455. The van der Waals surface area contributed by atoms with Crippen molar-refractivity contribution in [1.29, 1.82) is 0 Å². The smallest absolute Gasteiger partial charge is 0.354 e. The van der Waals surface area contributed by atoms with E-state index in [4.69, 9.17) is 4.84 Å². The number of carbonyl (C=O) groups excluding carboxylic acids is 3. The Labute approximate surface area is 203 Å². The van der Waals surface area contributed by atoms with Gasteiger partial charge in [0.05, 0.1) is 24.3 Å². The zero-order valence-corrected chi connectivity index (χ0v) is 19.6. The van der Waals surface area contributed by atoms with E-state index >= 15 is 0 Å². The number of anilines is 1. The Hall–Kier alpha value is -3.68. The first-order valence-electron chi connectivity index (χ1n) is 11.1. The number of halogens is 4. The molecule has 4 amide bonds. The summed E-state index contributed by atoms with van der Waals surface area (Å²) in [5.74, 6) is -2.19. The van der Waals surface area contributed by atoms with Crippen molar-refractivity contribution in [3.05, 3.63) is 46.5 Å². The van der Waals surface area contributed by atoms with E-state index in [0.717, 1.165) is 11.1 Å². The second-order valence-electron chi connectivity index (χ2n) is 8.73. The number of urea groups is 1. The minimum Gasteiger partial charge on any atom is -0.354 e. The topological polar surface area (TPSA) is 109 Å². The van der Waals surface area contributed by atoms with Crippen molar-refractivity contribution in [3.63, 3.8) is 0 Å². The third kappa shape index (κ3) is 4.98. The number of benzene rings is 1. The van der Waals surface area contributed by atoms with Gasteiger partial charge in [0.25, 0.3) is 5.91 Å². The van der Waals surface area contributed by atoms with Gasteiger partial charge in [-0.05, 0) is 25.1 Å². The first kappa shape index (κ1) is 25.4. The monoisotopic (exact) mass is 512 g/mol. The van der Waals surface area contributed by atoms with Gasteiger partial charge in [-0.25, -0.2) is 14.2 Å². The predicted molar refractivity (Wildman–Crippen MR) is 117 cm³/mol. The quantitative estimate of drug-likeness (QED) is 0.615. The third-order valence-corrected chi connectivity index (χ3v) is 6.02. The maximum atomic E-state index is 13.6. The van der Waals surface area contributed by atoms with E-state index in [0.29, 0.717) is 29.8 Å². The zero-order valence-electron chi connectivity index (χ0n) is 19.6. The first-order valence-corrected chi connectivity index (χ1v) is 11.1. The standard InChI is InChI=1S/C22H24F4N6O4/c1-11-6-18-15(19-20(34)30(3)36-14(8-27-12(2)33)9-32(19)29-18)10-31(11)21(35)28-13-4-5-17(23)16(7-13)22(24,25)26/h4-5,7,11,14H,6,8-10H2,1-3H3,(H,27,33)(H,28,35)/t11-,14+/m1/s1. The summed E-state index contributed by atoms with van der Waals surface area (Å²) in [5, 5.41) is 10.6. The molecule has 2 N–H and O–H groups in total. The summed E-state index contributed by atoms with van der Waals surface area (Å²) in [5.41, 5.74) is -0.364. The molecule has 0 saturated heterocycles. The Bertz CT molecular complexity index is 1210. The SMILES string of the molecule is CC(=O)NC[C@H]1Cn2nc3c(c2C(=O)N(C)O1)CN(C(=O)Nc1ccc(F)c(C(F)(F)F)c1)[C@H](C)C3. The molecule has 0 radical (unpaired) electrons. The molecule has 2 atom stereocenters. The number of nitrogens with one attached hydrogen (secondary N) is 2. The van der Waals surface area contributed by atoms with Crippen LogP contribution in [0.25, 0.3) is 0 Å². The van der Waals surface area contributed by atoms with Crippen molar-refractivity contribution >= 4 is 23.5 Å². The summed E-state index contributed by atoms with van der Waals surface area (Å²) in [6, 6.07) is 1.12. The molecule has 0 fully saturated rings. The van der Waals surface area contributed by atoms with E-state index in [1.807, 2.05) is 0 Å². The van der Waals surface area contributed by atoms with Crippen molar-refractivity contribution in [3.8, 4) is 0 Å². The minimum absolute atomic E-state index is 0.0269. The van der Waals surface area contributed by atoms with Crippen LogP contribution in [0, 0.1) is 5.82 Å². The molecule has 2 aromatic rings. The highest BCUT2D eigenvalue weighted by Crippen LogP contribution is 2.34. The maximum Gasteiger partial charge on any atom is 0.419 e. The largest absolute Gasteiger partial charge is 0.419 e. The van der Waals surface area contributed by atoms with E-state index in [2.05, 4.69) is 15.7 Å². The second-order valence-corrected chi connectivity index (χ2v) is 8.73. The maximum absolute atomic E-state index is 13.6. The van der Waals surface area contributed by atoms with Gasteiger partial charge >= 0.3 is 12.2 Å². The van der Waals surface area contributed by atoms with Gasteiger partial charge in [0.2, 0.25) is 5.91 Å². The normalized spacial score (nSPS) is 19.9. The van der Waals surface area contributed by atoms with Crippen LogP contribution in [0.5, 0.6) is 0 Å². The summed E-state index contributed by atoms with van der Waals surface area (Å²) >= 11 is 0. The molecule has 0 spiro atoms. The Balaban J connectivity index is 1.58. The van der Waals surface area contributed by atoms with Gasteiger partial charge in [-0.2, -0.15) is 18.3 Å². The number of amides is 4. The average Bonchev–Trinajstić information content (AvgIpc) is 3.07. The van der Waals surface area contributed by atoms with Crippen LogP contribution in [-0.4, -0.2) is 63.3 Å². The van der Waals surface area contributed by atoms with Gasteiger partial charge in [-0.3, -0.25) is 19.1 Å². The fourth-order valence-electron chi connectivity index (χ4n) is 4.26. The van der Waals surface area contributed by atoms with Gasteiger partial charge in [-0.15, -0.1) is 0 Å². The number of hydrogen-bond donors (Lipinski definition) is 2. The third-order valence-electron chi connectivity index (χ3n) is 6.02. The lowest BCUT2D eigenvalue weighted by atomic mass is 9.99. The minimum atomic E-state index is -4.92. The molecule has 0 bridgehead atoms. The van der Waals surface area contributed by atoms with E-state index in [1.165, 1.54) is 23.6 Å². The number of nitrogens with zero attached hydrogens (tertiary/aromatic N) is 4. The Kier molecular flexibility index (Phi) is 6.64. The molecule has 10 nitrogen and oxygen atoms in total. The second kappa shape index (κ2) is 9.41. The van der Waals surface area contributed by atoms with Crippen LogP contribution < -0.4 is 10.6 Å². The first-order chi connectivity index (χ1) is 16.8. The van der Waals surface area contributed by atoms with Crippen LogP contribution in [0.3, 0.4) is 0 Å². The highest BCUT2D eigenvalue weighted by atomic mass is 19.4. The molecule has 14 heteroatoms. The van der Waals surface area contributed by atoms with Crippen molar-refractivity contribution in [2.45, 2.75) is 51.7 Å². The fourth-order valence-corrected chi connectivity index (χ4v) is 4.26. The van der Waals surface area contributed by atoms with Crippen molar-refractivity contribution < 1.29 is 36.8 Å². The molecular formula is C22H24F4N6O4. The molecule has 1 aromatic heterocycles. The number of aromatic nitrogens is 2. The van der Waals surface area contributed by atoms with Crippen LogP contribution in [0.2, 0.25) is 0 Å². The number of rotatable bonds is 3. The number of hydrogen-bond acceptors (Lipinski definition) is 5. The molecule has 36 heavy (non-hydrogen) atoms. The summed E-state index contributed by atoms with van der Waals surface area (Å²) in [7, 11) is 1.43. The molecule has 0 aliphatic carbocycles. The number of carbonyl (C=O) groups is 3. The molecule has 0 unspecified atom stereocenters. The van der Waals surface area contributed by atoms with Crippen LogP contribution in [0.4, 0.5) is 28.0 Å². The van der Waals surface area contributed by atoms with Crippen LogP contribution >= 0.6 is 0 Å². The lowest BCUT2D eigenvalue weighted by Gasteiger charge is -2.33. The van der Waals surface area contributed by atoms with Crippen LogP contribution in [0.15, 0.2) is 18.2 Å². The van der Waals surface area contributed by atoms with E-state index in [-0.39, 0.29) is 36.9 Å². The lowest BCUT2D eigenvalue weighted by Crippen LogP contribution is -2.45. The summed E-state index contributed by atoms with van der Waals surface area (Å²) in [4.78, 5) is 44.3. The molecule has 2 aliphatic rings. The Morgan fingerprint density at radius 3 is 2.67 bits per heavy atom. The van der Waals surface area contributed by atoms with Crippen LogP contribution in [0.1, 0.15) is 41.2 Å². The van der Waals surface area contributed by atoms with Gasteiger partial charge in [-0.1, -0.05) is 0 Å². The van der Waals surface area contributed by atoms with Gasteiger partial charge in [0.1, 0.15) is 17.6 Å². The van der Waals surface area contributed by atoms with E-state index in [1.54, 1.807) is 6.92 Å². The average molecular weight is 512 g/mol. The number of hydroxylamine groups is 2. The molecule has 194 valence electrons.